The monoisotopic (exact) mass is 408 g/mol. The van der Waals surface area contributed by atoms with Gasteiger partial charge < -0.3 is 15.0 Å². The van der Waals surface area contributed by atoms with Gasteiger partial charge in [0.2, 0.25) is 0 Å². The number of hydrogen-bond donors (Lipinski definition) is 1. The summed E-state index contributed by atoms with van der Waals surface area (Å²) in [5.41, 5.74) is 1.22. The van der Waals surface area contributed by atoms with Gasteiger partial charge in [-0.2, -0.15) is 0 Å². The minimum Gasteiger partial charge on any atom is -0.497 e. The highest BCUT2D eigenvalue weighted by Gasteiger charge is 2.33. The summed E-state index contributed by atoms with van der Waals surface area (Å²) in [6.07, 6.45) is 0.498. The molecule has 8 heteroatoms. The van der Waals surface area contributed by atoms with Crippen molar-refractivity contribution in [2.24, 2.45) is 0 Å². The first kappa shape index (κ1) is 19.6. The molecule has 0 bridgehead atoms. The summed E-state index contributed by atoms with van der Waals surface area (Å²) in [7, 11) is -1.49. The summed E-state index contributed by atoms with van der Waals surface area (Å²) >= 11 is 5.51. The van der Waals surface area contributed by atoms with Crippen molar-refractivity contribution in [1.82, 2.24) is 4.90 Å². The number of methoxy groups -OCH3 is 1. The van der Waals surface area contributed by atoms with Gasteiger partial charge in [0.1, 0.15) is 11.6 Å². The first-order valence-corrected chi connectivity index (χ1v) is 10.8. The number of nitrogens with one attached hydrogen (secondary N) is 1. The Hall–Kier alpha value is -2.19. The molecule has 3 rings (SSSR count). The van der Waals surface area contributed by atoms with Gasteiger partial charge in [0.25, 0.3) is 0 Å². The standard InChI is InChI=1S/C19H21FN2O3S2/c1-25-16-8-6-14(7-9-16)12-22(15-10-11-27(23,24)13-15)19(26)21-18-5-3-2-4-17(18)20/h2-9,15H,10-13H2,1H3,(H,21,26)/t15-/m0/s1. The van der Waals surface area contributed by atoms with Gasteiger partial charge in [-0.15, -0.1) is 0 Å². The third kappa shape index (κ3) is 4.95. The molecule has 144 valence electrons. The molecule has 0 amide bonds. The Labute approximate surface area is 164 Å². The third-order valence-electron chi connectivity index (χ3n) is 4.54. The Morgan fingerprint density at radius 2 is 1.96 bits per heavy atom. The van der Waals surface area contributed by atoms with Gasteiger partial charge in [-0.05, 0) is 48.5 Å². The molecule has 0 aliphatic carbocycles. The molecule has 0 spiro atoms. The second-order valence-electron chi connectivity index (χ2n) is 6.44. The Morgan fingerprint density at radius 3 is 2.56 bits per heavy atom. The fraction of sp³-hybridized carbons (Fsp3) is 0.316. The van der Waals surface area contributed by atoms with Crippen molar-refractivity contribution in [2.75, 3.05) is 23.9 Å². The number of hydrogen-bond acceptors (Lipinski definition) is 4. The second-order valence-corrected chi connectivity index (χ2v) is 9.06. The van der Waals surface area contributed by atoms with Crippen molar-refractivity contribution < 1.29 is 17.5 Å². The maximum atomic E-state index is 14.0. The average molecular weight is 409 g/mol. The number of ether oxygens (including phenoxy) is 1. The molecule has 1 atom stereocenters. The SMILES string of the molecule is COc1ccc(CN(C(=S)Nc2ccccc2F)[C@H]2CCS(=O)(=O)C2)cc1. The molecule has 27 heavy (non-hydrogen) atoms. The van der Waals surface area contributed by atoms with Gasteiger partial charge in [0.15, 0.2) is 14.9 Å². The molecule has 0 saturated carbocycles. The van der Waals surface area contributed by atoms with Crippen LogP contribution in [0.1, 0.15) is 12.0 Å². The molecule has 2 aromatic rings. The van der Waals surface area contributed by atoms with E-state index in [9.17, 15) is 12.8 Å². The average Bonchev–Trinajstić information content (AvgIpc) is 3.01. The molecule has 1 fully saturated rings. The maximum absolute atomic E-state index is 14.0. The van der Waals surface area contributed by atoms with Crippen molar-refractivity contribution in [3.63, 3.8) is 0 Å². The van der Waals surface area contributed by atoms with Crippen LogP contribution in [0.4, 0.5) is 10.1 Å². The molecule has 0 aromatic heterocycles. The topological polar surface area (TPSA) is 58.6 Å². The van der Waals surface area contributed by atoms with E-state index in [0.29, 0.717) is 18.1 Å². The summed E-state index contributed by atoms with van der Waals surface area (Å²) in [4.78, 5) is 1.83. The van der Waals surface area contributed by atoms with Gasteiger partial charge in [0.05, 0.1) is 24.3 Å². The fourth-order valence-corrected chi connectivity index (χ4v) is 5.12. The second kappa shape index (κ2) is 8.22. The van der Waals surface area contributed by atoms with Crippen LogP contribution in [-0.4, -0.2) is 43.1 Å². The lowest BCUT2D eigenvalue weighted by Crippen LogP contribution is -2.43. The summed E-state index contributed by atoms with van der Waals surface area (Å²) < 4.78 is 43.0. The van der Waals surface area contributed by atoms with Gasteiger partial charge in [-0.1, -0.05) is 24.3 Å². The van der Waals surface area contributed by atoms with E-state index in [-0.39, 0.29) is 23.2 Å². The van der Waals surface area contributed by atoms with Crippen LogP contribution in [-0.2, 0) is 16.4 Å². The molecule has 1 saturated heterocycles. The minimum absolute atomic E-state index is 0.0439. The van der Waals surface area contributed by atoms with Crippen molar-refractivity contribution >= 4 is 32.9 Å². The Morgan fingerprint density at radius 1 is 1.26 bits per heavy atom. The largest absolute Gasteiger partial charge is 0.497 e. The highest BCUT2D eigenvalue weighted by atomic mass is 32.2. The maximum Gasteiger partial charge on any atom is 0.174 e. The Kier molecular flexibility index (Phi) is 5.96. The molecule has 0 unspecified atom stereocenters. The third-order valence-corrected chi connectivity index (χ3v) is 6.62. The van der Waals surface area contributed by atoms with Crippen molar-refractivity contribution in [3.8, 4) is 5.75 Å². The van der Waals surface area contributed by atoms with E-state index in [1.165, 1.54) is 6.07 Å². The Bertz CT molecular complexity index is 917. The quantitative estimate of drug-likeness (QED) is 0.767. The van der Waals surface area contributed by atoms with Crippen LogP contribution in [0.15, 0.2) is 48.5 Å². The predicted molar refractivity (Wildman–Crippen MR) is 108 cm³/mol. The number of sulfone groups is 1. The van der Waals surface area contributed by atoms with Gasteiger partial charge >= 0.3 is 0 Å². The van der Waals surface area contributed by atoms with E-state index in [1.54, 1.807) is 25.3 Å². The molecule has 1 N–H and O–H groups in total. The van der Waals surface area contributed by atoms with Gasteiger partial charge in [0, 0.05) is 12.6 Å². The predicted octanol–water partition coefficient (Wildman–Crippen LogP) is 3.22. The van der Waals surface area contributed by atoms with Crippen LogP contribution in [0, 0.1) is 5.82 Å². The van der Waals surface area contributed by atoms with Crippen LogP contribution >= 0.6 is 12.2 Å². The van der Waals surface area contributed by atoms with Crippen molar-refractivity contribution in [1.29, 1.82) is 0 Å². The number of para-hydroxylation sites is 1. The van der Waals surface area contributed by atoms with E-state index in [1.807, 2.05) is 29.2 Å². The first-order valence-electron chi connectivity index (χ1n) is 8.53. The summed E-state index contributed by atoms with van der Waals surface area (Å²) in [6, 6.07) is 13.5. The molecule has 0 radical (unpaired) electrons. The lowest BCUT2D eigenvalue weighted by atomic mass is 10.1. The molecule has 5 nitrogen and oxygen atoms in total. The summed E-state index contributed by atoms with van der Waals surface area (Å²) in [6.45, 7) is 0.421. The zero-order valence-corrected chi connectivity index (χ0v) is 16.5. The lowest BCUT2D eigenvalue weighted by molar-refractivity contribution is 0.332. The Balaban J connectivity index is 1.82. The van der Waals surface area contributed by atoms with Gasteiger partial charge in [-0.3, -0.25) is 0 Å². The molecular formula is C19H21FN2O3S2. The van der Waals surface area contributed by atoms with Crippen LogP contribution in [0.5, 0.6) is 5.75 Å². The lowest BCUT2D eigenvalue weighted by Gasteiger charge is -2.31. The van der Waals surface area contributed by atoms with Crippen molar-refractivity contribution in [2.45, 2.75) is 19.0 Å². The van der Waals surface area contributed by atoms with E-state index in [2.05, 4.69) is 5.32 Å². The number of nitrogens with zero attached hydrogens (tertiary/aromatic N) is 1. The zero-order valence-electron chi connectivity index (χ0n) is 14.9. The van der Waals surface area contributed by atoms with E-state index in [0.717, 1.165) is 11.3 Å². The van der Waals surface area contributed by atoms with Crippen LogP contribution in [0.25, 0.3) is 0 Å². The molecule has 1 aliphatic rings. The highest BCUT2D eigenvalue weighted by molar-refractivity contribution is 7.91. The summed E-state index contributed by atoms with van der Waals surface area (Å²) in [5.74, 6) is 0.505. The number of halogens is 1. The van der Waals surface area contributed by atoms with E-state index < -0.39 is 15.7 Å². The van der Waals surface area contributed by atoms with Crippen molar-refractivity contribution in [3.05, 3.63) is 59.9 Å². The van der Waals surface area contributed by atoms with E-state index >= 15 is 0 Å². The number of anilines is 1. The highest BCUT2D eigenvalue weighted by Crippen LogP contribution is 2.23. The number of thiocarbonyl (C=S) groups is 1. The van der Waals surface area contributed by atoms with Crippen LogP contribution in [0.2, 0.25) is 0 Å². The molecule has 1 aliphatic heterocycles. The normalized spacial score (nSPS) is 18.1. The zero-order chi connectivity index (χ0) is 19.4. The molecule has 1 heterocycles. The van der Waals surface area contributed by atoms with E-state index in [4.69, 9.17) is 17.0 Å². The summed E-state index contributed by atoms with van der Waals surface area (Å²) in [5, 5.41) is 3.22. The molecular weight excluding hydrogens is 387 g/mol. The number of rotatable bonds is 5. The smallest absolute Gasteiger partial charge is 0.174 e. The fourth-order valence-electron chi connectivity index (χ4n) is 3.07. The van der Waals surface area contributed by atoms with Gasteiger partial charge in [-0.25, -0.2) is 12.8 Å². The van der Waals surface area contributed by atoms with Crippen LogP contribution < -0.4 is 10.1 Å². The first-order chi connectivity index (χ1) is 12.9. The minimum atomic E-state index is -3.08. The molecule has 2 aromatic carbocycles. The number of benzene rings is 2. The van der Waals surface area contributed by atoms with Crippen LogP contribution in [0.3, 0.4) is 0 Å².